The van der Waals surface area contributed by atoms with Crippen LogP contribution in [0.2, 0.25) is 5.02 Å². The summed E-state index contributed by atoms with van der Waals surface area (Å²) in [5, 5.41) is 3.13. The minimum atomic E-state index is -0.808. The van der Waals surface area contributed by atoms with Crippen LogP contribution in [0.15, 0.2) is 46.9 Å². The van der Waals surface area contributed by atoms with E-state index >= 15 is 0 Å². The van der Waals surface area contributed by atoms with Gasteiger partial charge in [-0.3, -0.25) is 9.59 Å². The van der Waals surface area contributed by atoms with E-state index in [9.17, 15) is 9.59 Å². The average molecular weight is 397 g/mol. The van der Waals surface area contributed by atoms with Gasteiger partial charge >= 0.3 is 0 Å². The third-order valence-electron chi connectivity index (χ3n) is 3.21. The molecule has 0 saturated heterocycles. The molecule has 0 unspecified atom stereocenters. The Labute approximate surface area is 148 Å². The van der Waals surface area contributed by atoms with Crippen molar-refractivity contribution < 1.29 is 15.3 Å². The van der Waals surface area contributed by atoms with Crippen LogP contribution < -0.4 is 11.1 Å². The molecule has 120 valence electrons. The number of nitrogens with one attached hydrogen (secondary N) is 1. The molecule has 0 saturated carbocycles. The molecule has 2 aromatic carbocycles. The lowest BCUT2D eigenvalue weighted by atomic mass is 10.0. The van der Waals surface area contributed by atoms with Gasteiger partial charge in [-0.15, -0.1) is 0 Å². The van der Waals surface area contributed by atoms with Gasteiger partial charge < -0.3 is 11.1 Å². The molecular formula is C17H17BrClN2O2+. The first kappa shape index (κ1) is 17.7. The maximum Gasteiger partial charge on any atom is 0.285 e. The number of amides is 1. The highest BCUT2D eigenvalue weighted by molar-refractivity contribution is 9.10. The monoisotopic (exact) mass is 395 g/mol. The van der Waals surface area contributed by atoms with Crippen molar-refractivity contribution in [3.63, 3.8) is 0 Å². The van der Waals surface area contributed by atoms with Crippen LogP contribution >= 0.6 is 27.5 Å². The van der Waals surface area contributed by atoms with Gasteiger partial charge in [0.25, 0.3) is 5.91 Å². The zero-order valence-corrected chi connectivity index (χ0v) is 15.2. The fourth-order valence-electron chi connectivity index (χ4n) is 1.90. The molecule has 0 fully saturated rings. The van der Waals surface area contributed by atoms with Crippen LogP contribution in [0.5, 0.6) is 0 Å². The fraction of sp³-hybridized carbons (Fsp3) is 0.176. The maximum atomic E-state index is 12.8. The molecule has 2 rings (SSSR count). The van der Waals surface area contributed by atoms with E-state index in [1.807, 2.05) is 0 Å². The molecule has 0 aliphatic rings. The number of ketones is 1. The highest BCUT2D eigenvalue weighted by Gasteiger charge is 2.28. The maximum absolute atomic E-state index is 12.8. The predicted molar refractivity (Wildman–Crippen MR) is 94.6 cm³/mol. The van der Waals surface area contributed by atoms with Gasteiger partial charge in [0.1, 0.15) is 0 Å². The molecule has 23 heavy (non-hydrogen) atoms. The second-order valence-electron chi connectivity index (χ2n) is 5.84. The summed E-state index contributed by atoms with van der Waals surface area (Å²) in [6.45, 7) is 3.41. The summed E-state index contributed by atoms with van der Waals surface area (Å²) in [6.07, 6.45) is 0. The average Bonchev–Trinajstić information content (AvgIpc) is 2.48. The third kappa shape index (κ3) is 4.19. The van der Waals surface area contributed by atoms with E-state index in [-0.39, 0.29) is 11.7 Å². The molecule has 6 heteroatoms. The minimum Gasteiger partial charge on any atom is -0.345 e. The van der Waals surface area contributed by atoms with Gasteiger partial charge in [0.05, 0.1) is 10.7 Å². The van der Waals surface area contributed by atoms with Crippen molar-refractivity contribution in [2.45, 2.75) is 19.4 Å². The van der Waals surface area contributed by atoms with E-state index in [2.05, 4.69) is 27.0 Å². The molecule has 0 aliphatic carbocycles. The van der Waals surface area contributed by atoms with Crippen molar-refractivity contribution in [3.8, 4) is 0 Å². The van der Waals surface area contributed by atoms with E-state index in [1.54, 1.807) is 56.3 Å². The molecule has 0 bridgehead atoms. The number of halogens is 2. The molecule has 2 aromatic rings. The predicted octanol–water partition coefficient (Wildman–Crippen LogP) is 3.29. The van der Waals surface area contributed by atoms with Crippen LogP contribution in [0.3, 0.4) is 0 Å². The summed E-state index contributed by atoms with van der Waals surface area (Å²) in [5.41, 5.74) is 4.18. The topological polar surface area (TPSA) is 73.8 Å². The van der Waals surface area contributed by atoms with E-state index in [4.69, 9.17) is 11.6 Å². The van der Waals surface area contributed by atoms with Crippen LogP contribution in [0.4, 0.5) is 5.69 Å². The van der Waals surface area contributed by atoms with E-state index < -0.39 is 5.54 Å². The van der Waals surface area contributed by atoms with Gasteiger partial charge in [0.15, 0.2) is 11.3 Å². The first-order chi connectivity index (χ1) is 10.7. The summed E-state index contributed by atoms with van der Waals surface area (Å²) >= 11 is 9.46. The highest BCUT2D eigenvalue weighted by atomic mass is 79.9. The number of carbonyl (C=O) groups excluding carboxylic acids is 2. The largest absolute Gasteiger partial charge is 0.345 e. The standard InChI is InChI=1S/C17H16BrClN2O2/c1-17(2,20)16(23)21-14-8-7-10(18)9-12(14)15(22)11-5-3-4-6-13(11)19/h3-9H,20H2,1-2H3,(H,21,23)/p+1. The van der Waals surface area contributed by atoms with Gasteiger partial charge in [-0.05, 0) is 44.2 Å². The highest BCUT2D eigenvalue weighted by Crippen LogP contribution is 2.27. The van der Waals surface area contributed by atoms with E-state index in [0.717, 1.165) is 4.47 Å². The lowest BCUT2D eigenvalue weighted by Gasteiger charge is -2.17. The second-order valence-corrected chi connectivity index (χ2v) is 7.16. The molecule has 0 aliphatic heterocycles. The van der Waals surface area contributed by atoms with Gasteiger partial charge in [0, 0.05) is 15.6 Å². The SMILES string of the molecule is CC(C)([NH3+])C(=O)Nc1ccc(Br)cc1C(=O)c1ccccc1Cl. The number of benzene rings is 2. The Hall–Kier alpha value is -1.69. The normalized spacial score (nSPS) is 11.2. The quantitative estimate of drug-likeness (QED) is 0.778. The van der Waals surface area contributed by atoms with Crippen molar-refractivity contribution >= 4 is 44.9 Å². The molecule has 0 heterocycles. The molecule has 0 atom stereocenters. The molecule has 0 radical (unpaired) electrons. The molecular weight excluding hydrogens is 380 g/mol. The molecule has 1 amide bonds. The third-order valence-corrected chi connectivity index (χ3v) is 4.03. The van der Waals surface area contributed by atoms with Crippen molar-refractivity contribution in [3.05, 3.63) is 63.1 Å². The fourth-order valence-corrected chi connectivity index (χ4v) is 2.48. The molecule has 0 spiro atoms. The Bertz CT molecular complexity index is 769. The Kier molecular flexibility index (Phi) is 5.24. The smallest absolute Gasteiger partial charge is 0.285 e. The Balaban J connectivity index is 2.46. The number of hydrogen-bond acceptors (Lipinski definition) is 2. The van der Waals surface area contributed by atoms with Crippen molar-refractivity contribution in [1.82, 2.24) is 0 Å². The number of hydrogen-bond donors (Lipinski definition) is 2. The molecule has 4 nitrogen and oxygen atoms in total. The summed E-state index contributed by atoms with van der Waals surface area (Å²) in [7, 11) is 0. The first-order valence-corrected chi connectivity index (χ1v) is 8.13. The van der Waals surface area contributed by atoms with Gasteiger partial charge in [0.2, 0.25) is 0 Å². The summed E-state index contributed by atoms with van der Waals surface area (Å²) in [4.78, 5) is 25.0. The number of carbonyl (C=O) groups is 2. The minimum absolute atomic E-state index is 0.255. The number of rotatable bonds is 4. The number of quaternary nitrogens is 1. The van der Waals surface area contributed by atoms with E-state index in [1.165, 1.54) is 0 Å². The van der Waals surface area contributed by atoms with Crippen LogP contribution in [0, 0.1) is 0 Å². The zero-order chi connectivity index (χ0) is 17.2. The molecule has 0 aromatic heterocycles. The van der Waals surface area contributed by atoms with Crippen LogP contribution in [-0.2, 0) is 4.79 Å². The van der Waals surface area contributed by atoms with Crippen molar-refractivity contribution in [2.75, 3.05) is 5.32 Å². The van der Waals surface area contributed by atoms with Crippen LogP contribution in [0.1, 0.15) is 29.8 Å². The number of anilines is 1. The van der Waals surface area contributed by atoms with Gasteiger partial charge in [-0.1, -0.05) is 39.7 Å². The zero-order valence-electron chi connectivity index (χ0n) is 12.8. The Morgan fingerprint density at radius 2 is 1.78 bits per heavy atom. The lowest BCUT2D eigenvalue weighted by molar-refractivity contribution is -0.444. The van der Waals surface area contributed by atoms with Gasteiger partial charge in [-0.25, -0.2) is 0 Å². The summed E-state index contributed by atoms with van der Waals surface area (Å²) in [6, 6.07) is 11.9. The van der Waals surface area contributed by atoms with Crippen molar-refractivity contribution in [2.24, 2.45) is 0 Å². The summed E-state index contributed by atoms with van der Waals surface area (Å²) < 4.78 is 0.736. The van der Waals surface area contributed by atoms with E-state index in [0.29, 0.717) is 21.8 Å². The Morgan fingerprint density at radius 1 is 1.13 bits per heavy atom. The Morgan fingerprint density at radius 3 is 2.39 bits per heavy atom. The first-order valence-electron chi connectivity index (χ1n) is 6.96. The van der Waals surface area contributed by atoms with Gasteiger partial charge in [-0.2, -0.15) is 0 Å². The lowest BCUT2D eigenvalue weighted by Crippen LogP contribution is -2.74. The second kappa shape index (κ2) is 6.83. The van der Waals surface area contributed by atoms with Crippen LogP contribution in [0.25, 0.3) is 0 Å². The van der Waals surface area contributed by atoms with Crippen LogP contribution in [-0.4, -0.2) is 17.2 Å². The molecule has 4 N–H and O–H groups in total. The summed E-state index contributed by atoms with van der Waals surface area (Å²) in [5.74, 6) is -0.526. The van der Waals surface area contributed by atoms with Crippen molar-refractivity contribution in [1.29, 1.82) is 0 Å².